The van der Waals surface area contributed by atoms with Crippen LogP contribution in [0, 0.1) is 5.92 Å². The zero-order valence-electron chi connectivity index (χ0n) is 20.0. The maximum Gasteiger partial charge on any atom is 0.421 e. The summed E-state index contributed by atoms with van der Waals surface area (Å²) in [5, 5.41) is 8.70. The van der Waals surface area contributed by atoms with Crippen LogP contribution in [-0.2, 0) is 15.7 Å². The minimum absolute atomic E-state index is 0.0410. The first-order valence-corrected chi connectivity index (χ1v) is 12.3. The smallest absolute Gasteiger partial charge is 0.421 e. The maximum absolute atomic E-state index is 13.7. The third-order valence-electron chi connectivity index (χ3n) is 6.30. The van der Waals surface area contributed by atoms with Crippen LogP contribution in [0.25, 0.3) is 0 Å². The standard InChI is InChI=1S/C25H30F3N5O3/c1-2-3-13-36-23(35)15-7-9-17(10-8-15)31-24-29-14-19(25(26,27)28)21(33-24)32-20-6-4-5-18(20)22(34)30-16-11-12-16/h7-10,14,16,18,20H,2-6,11-13H2,1H3,(H,30,34)(H2,29,31,32,33)/t18-,20+/m0/s1. The predicted octanol–water partition coefficient (Wildman–Crippen LogP) is 5.06. The van der Waals surface area contributed by atoms with Gasteiger partial charge in [-0.05, 0) is 56.4 Å². The highest BCUT2D eigenvalue weighted by atomic mass is 19.4. The van der Waals surface area contributed by atoms with Crippen LogP contribution in [0.5, 0.6) is 0 Å². The zero-order chi connectivity index (χ0) is 25.7. The van der Waals surface area contributed by atoms with Gasteiger partial charge in [-0.1, -0.05) is 19.8 Å². The Labute approximate surface area is 207 Å². The fourth-order valence-electron chi connectivity index (χ4n) is 4.13. The number of nitrogens with one attached hydrogen (secondary N) is 3. The lowest BCUT2D eigenvalue weighted by Gasteiger charge is -2.23. The van der Waals surface area contributed by atoms with Crippen molar-refractivity contribution in [3.05, 3.63) is 41.6 Å². The van der Waals surface area contributed by atoms with Crippen LogP contribution in [0.4, 0.5) is 30.6 Å². The van der Waals surface area contributed by atoms with Gasteiger partial charge in [-0.25, -0.2) is 9.78 Å². The Morgan fingerprint density at radius 1 is 1.11 bits per heavy atom. The summed E-state index contributed by atoms with van der Waals surface area (Å²) in [5.74, 6) is -1.39. The van der Waals surface area contributed by atoms with E-state index < -0.39 is 29.7 Å². The van der Waals surface area contributed by atoms with E-state index in [9.17, 15) is 22.8 Å². The number of anilines is 3. The summed E-state index contributed by atoms with van der Waals surface area (Å²) < 4.78 is 46.2. The average Bonchev–Trinajstić information content (AvgIpc) is 3.53. The highest BCUT2D eigenvalue weighted by molar-refractivity contribution is 5.89. The number of carbonyl (C=O) groups excluding carboxylic acids is 2. The summed E-state index contributed by atoms with van der Waals surface area (Å²) in [6.07, 6.45) is 1.56. The summed E-state index contributed by atoms with van der Waals surface area (Å²) in [6, 6.07) is 6.04. The second-order valence-corrected chi connectivity index (χ2v) is 9.22. The van der Waals surface area contributed by atoms with Gasteiger partial charge >= 0.3 is 12.1 Å². The lowest BCUT2D eigenvalue weighted by atomic mass is 10.0. The number of hydrogen-bond acceptors (Lipinski definition) is 7. The molecule has 2 saturated carbocycles. The Kier molecular flexibility index (Phi) is 7.95. The molecular weight excluding hydrogens is 475 g/mol. The van der Waals surface area contributed by atoms with Crippen LogP contribution < -0.4 is 16.0 Å². The molecule has 194 valence electrons. The first kappa shape index (κ1) is 25.7. The number of unbranched alkanes of at least 4 members (excludes halogenated alkanes) is 1. The molecule has 1 aromatic heterocycles. The third kappa shape index (κ3) is 6.64. The van der Waals surface area contributed by atoms with Gasteiger partial charge in [-0.15, -0.1) is 0 Å². The van der Waals surface area contributed by atoms with E-state index in [2.05, 4.69) is 25.9 Å². The van der Waals surface area contributed by atoms with Crippen LogP contribution in [-0.4, -0.2) is 40.5 Å². The number of rotatable bonds is 10. The first-order chi connectivity index (χ1) is 17.2. The predicted molar refractivity (Wildman–Crippen MR) is 128 cm³/mol. The van der Waals surface area contributed by atoms with Gasteiger partial charge in [-0.3, -0.25) is 4.79 Å². The third-order valence-corrected chi connectivity index (χ3v) is 6.30. The molecule has 2 aliphatic carbocycles. The monoisotopic (exact) mass is 505 g/mol. The Balaban J connectivity index is 1.47. The number of amides is 1. The summed E-state index contributed by atoms with van der Waals surface area (Å²) >= 11 is 0. The molecule has 0 bridgehead atoms. The molecule has 4 rings (SSSR count). The molecule has 1 aromatic carbocycles. The second-order valence-electron chi connectivity index (χ2n) is 9.22. The first-order valence-electron chi connectivity index (χ1n) is 12.3. The van der Waals surface area contributed by atoms with Crippen molar-refractivity contribution in [3.8, 4) is 0 Å². The number of alkyl halides is 3. The molecule has 0 spiro atoms. The van der Waals surface area contributed by atoms with Crippen LogP contribution in [0.15, 0.2) is 30.5 Å². The lowest BCUT2D eigenvalue weighted by molar-refractivity contribution is -0.137. The maximum atomic E-state index is 13.7. The largest absolute Gasteiger partial charge is 0.462 e. The molecule has 0 saturated heterocycles. The SMILES string of the molecule is CCCCOC(=O)c1ccc(Nc2ncc(C(F)(F)F)c(N[C@@H]3CCC[C@@H]3C(=O)NC3CC3)n2)cc1. The van der Waals surface area contributed by atoms with Crippen molar-refractivity contribution in [3.63, 3.8) is 0 Å². The molecule has 8 nitrogen and oxygen atoms in total. The number of aromatic nitrogens is 2. The van der Waals surface area contributed by atoms with Crippen LogP contribution >= 0.6 is 0 Å². The van der Waals surface area contributed by atoms with E-state index in [1.807, 2.05) is 6.92 Å². The molecule has 2 aromatic rings. The molecule has 0 radical (unpaired) electrons. The summed E-state index contributed by atoms with van der Waals surface area (Å²) in [4.78, 5) is 32.6. The van der Waals surface area contributed by atoms with E-state index in [1.54, 1.807) is 24.3 Å². The van der Waals surface area contributed by atoms with Gasteiger partial charge < -0.3 is 20.7 Å². The van der Waals surface area contributed by atoms with Crippen molar-refractivity contribution in [2.75, 3.05) is 17.2 Å². The number of esters is 1. The fraction of sp³-hybridized carbons (Fsp3) is 0.520. The van der Waals surface area contributed by atoms with Crippen LogP contribution in [0.3, 0.4) is 0 Å². The number of nitrogens with zero attached hydrogens (tertiary/aromatic N) is 2. The molecule has 2 atom stereocenters. The van der Waals surface area contributed by atoms with E-state index in [4.69, 9.17) is 4.74 Å². The minimum Gasteiger partial charge on any atom is -0.462 e. The highest BCUT2D eigenvalue weighted by Gasteiger charge is 2.39. The van der Waals surface area contributed by atoms with Gasteiger partial charge in [0.2, 0.25) is 11.9 Å². The topological polar surface area (TPSA) is 105 Å². The average molecular weight is 506 g/mol. The Hall–Kier alpha value is -3.37. The van der Waals surface area contributed by atoms with Gasteiger partial charge in [0.1, 0.15) is 11.4 Å². The van der Waals surface area contributed by atoms with E-state index in [0.717, 1.165) is 38.3 Å². The Bertz CT molecular complexity index is 1070. The minimum atomic E-state index is -4.66. The second kappa shape index (κ2) is 11.1. The molecule has 2 aliphatic rings. The Morgan fingerprint density at radius 3 is 2.53 bits per heavy atom. The summed E-state index contributed by atoms with van der Waals surface area (Å²) in [5.41, 5.74) is -0.135. The molecule has 36 heavy (non-hydrogen) atoms. The lowest BCUT2D eigenvalue weighted by Crippen LogP contribution is -2.39. The number of halogens is 3. The van der Waals surface area contributed by atoms with Crippen LogP contribution in [0.1, 0.15) is 67.8 Å². The molecule has 3 N–H and O–H groups in total. The van der Waals surface area contributed by atoms with Gasteiger partial charge in [0.15, 0.2) is 0 Å². The molecule has 2 fully saturated rings. The molecule has 1 heterocycles. The summed E-state index contributed by atoms with van der Waals surface area (Å²) in [7, 11) is 0. The van der Waals surface area contributed by atoms with E-state index >= 15 is 0 Å². The number of benzene rings is 1. The highest BCUT2D eigenvalue weighted by Crippen LogP contribution is 2.37. The summed E-state index contributed by atoms with van der Waals surface area (Å²) in [6.45, 7) is 2.34. The van der Waals surface area contributed by atoms with Crippen molar-refractivity contribution in [2.24, 2.45) is 5.92 Å². The fourth-order valence-corrected chi connectivity index (χ4v) is 4.13. The van der Waals surface area contributed by atoms with E-state index in [0.29, 0.717) is 30.7 Å². The van der Waals surface area contributed by atoms with Gasteiger partial charge in [0.25, 0.3) is 0 Å². The zero-order valence-corrected chi connectivity index (χ0v) is 20.0. The normalized spacial score (nSPS) is 19.6. The van der Waals surface area contributed by atoms with Crippen molar-refractivity contribution >= 4 is 29.3 Å². The number of ether oxygens (including phenoxy) is 1. The quantitative estimate of drug-likeness (QED) is 0.306. The number of carbonyl (C=O) groups is 2. The van der Waals surface area contributed by atoms with Crippen molar-refractivity contribution in [1.29, 1.82) is 0 Å². The molecular formula is C25H30F3N5O3. The van der Waals surface area contributed by atoms with Crippen molar-refractivity contribution < 1.29 is 27.5 Å². The Morgan fingerprint density at radius 2 is 1.86 bits per heavy atom. The van der Waals surface area contributed by atoms with Crippen LogP contribution in [0.2, 0.25) is 0 Å². The van der Waals surface area contributed by atoms with Gasteiger partial charge in [0, 0.05) is 24.0 Å². The van der Waals surface area contributed by atoms with Crippen molar-refractivity contribution in [1.82, 2.24) is 15.3 Å². The molecule has 0 aliphatic heterocycles. The van der Waals surface area contributed by atoms with Gasteiger partial charge in [0.05, 0.1) is 18.1 Å². The number of hydrogen-bond donors (Lipinski definition) is 3. The van der Waals surface area contributed by atoms with E-state index in [-0.39, 0.29) is 23.7 Å². The van der Waals surface area contributed by atoms with E-state index in [1.165, 1.54) is 0 Å². The molecule has 0 unspecified atom stereocenters. The van der Waals surface area contributed by atoms with Crippen molar-refractivity contribution in [2.45, 2.75) is 70.1 Å². The molecule has 11 heteroatoms. The molecule has 1 amide bonds. The van der Waals surface area contributed by atoms with Gasteiger partial charge in [-0.2, -0.15) is 18.2 Å².